The number of aryl methyl sites for hydroxylation is 2. The molecule has 4 nitrogen and oxygen atoms in total. The van der Waals surface area contributed by atoms with Gasteiger partial charge in [0.15, 0.2) is 0 Å². The summed E-state index contributed by atoms with van der Waals surface area (Å²) in [7, 11) is 0. The molecule has 1 aromatic carbocycles. The SMILES string of the molecule is CCOC(=O)c1cc(CCc2ccccc2C(F)(F)F)n[nH]1. The van der Waals surface area contributed by atoms with Crippen LogP contribution in [0.2, 0.25) is 0 Å². The Morgan fingerprint density at radius 3 is 2.68 bits per heavy atom. The average molecular weight is 312 g/mol. The van der Waals surface area contributed by atoms with E-state index >= 15 is 0 Å². The van der Waals surface area contributed by atoms with Crippen LogP contribution in [0.1, 0.15) is 34.2 Å². The van der Waals surface area contributed by atoms with Crippen LogP contribution in [0, 0.1) is 0 Å². The van der Waals surface area contributed by atoms with Crippen molar-refractivity contribution in [3.8, 4) is 0 Å². The lowest BCUT2D eigenvalue weighted by atomic mass is 10.0. The quantitative estimate of drug-likeness (QED) is 0.861. The Kier molecular flexibility index (Phi) is 4.85. The third-order valence-electron chi connectivity index (χ3n) is 3.10. The highest BCUT2D eigenvalue weighted by Gasteiger charge is 2.32. The van der Waals surface area contributed by atoms with Gasteiger partial charge < -0.3 is 4.74 Å². The van der Waals surface area contributed by atoms with E-state index in [1.165, 1.54) is 18.2 Å². The molecule has 2 rings (SSSR count). The van der Waals surface area contributed by atoms with Crippen LogP contribution in [0.15, 0.2) is 30.3 Å². The van der Waals surface area contributed by atoms with Crippen molar-refractivity contribution in [2.24, 2.45) is 0 Å². The molecule has 22 heavy (non-hydrogen) atoms. The number of alkyl halides is 3. The first-order valence-electron chi connectivity index (χ1n) is 6.78. The Bertz CT molecular complexity index is 650. The molecule has 0 saturated heterocycles. The zero-order valence-electron chi connectivity index (χ0n) is 11.9. The van der Waals surface area contributed by atoms with Gasteiger partial charge in [0, 0.05) is 0 Å². The van der Waals surface area contributed by atoms with E-state index in [1.54, 1.807) is 13.0 Å². The second-order valence-electron chi connectivity index (χ2n) is 4.65. The molecular formula is C15H15F3N2O2. The minimum Gasteiger partial charge on any atom is -0.461 e. The third kappa shape index (κ3) is 3.87. The van der Waals surface area contributed by atoms with Crippen LogP contribution in [-0.4, -0.2) is 22.8 Å². The summed E-state index contributed by atoms with van der Waals surface area (Å²) in [4.78, 5) is 11.5. The van der Waals surface area contributed by atoms with Crippen LogP contribution in [0.25, 0.3) is 0 Å². The molecule has 0 aliphatic carbocycles. The number of hydrogen-bond acceptors (Lipinski definition) is 3. The lowest BCUT2D eigenvalue weighted by molar-refractivity contribution is -0.138. The van der Waals surface area contributed by atoms with Crippen molar-refractivity contribution in [2.45, 2.75) is 25.9 Å². The summed E-state index contributed by atoms with van der Waals surface area (Å²) in [5.74, 6) is -0.531. The maximum atomic E-state index is 12.9. The molecule has 1 aromatic heterocycles. The molecule has 118 valence electrons. The Labute approximate surface area is 125 Å². The van der Waals surface area contributed by atoms with E-state index in [4.69, 9.17) is 4.74 Å². The number of carbonyl (C=O) groups is 1. The van der Waals surface area contributed by atoms with Gasteiger partial charge in [-0.25, -0.2) is 4.79 Å². The fraction of sp³-hybridized carbons (Fsp3) is 0.333. The van der Waals surface area contributed by atoms with Crippen molar-refractivity contribution in [1.82, 2.24) is 10.2 Å². The topological polar surface area (TPSA) is 55.0 Å². The number of aromatic nitrogens is 2. The number of H-pyrrole nitrogens is 1. The first kappa shape index (κ1) is 16.1. The van der Waals surface area contributed by atoms with Crippen LogP contribution < -0.4 is 0 Å². The number of nitrogens with one attached hydrogen (secondary N) is 1. The van der Waals surface area contributed by atoms with Crippen LogP contribution >= 0.6 is 0 Å². The molecule has 0 radical (unpaired) electrons. The lowest BCUT2D eigenvalue weighted by Crippen LogP contribution is -2.09. The second-order valence-corrected chi connectivity index (χ2v) is 4.65. The monoisotopic (exact) mass is 312 g/mol. The molecule has 0 saturated carbocycles. The molecule has 0 aliphatic rings. The summed E-state index contributed by atoms with van der Waals surface area (Å²) in [6.07, 6.45) is -3.90. The molecule has 0 bridgehead atoms. The number of ether oxygens (including phenoxy) is 1. The van der Waals surface area contributed by atoms with Gasteiger partial charge in [-0.1, -0.05) is 18.2 Å². The van der Waals surface area contributed by atoms with Crippen LogP contribution in [-0.2, 0) is 23.8 Å². The summed E-state index contributed by atoms with van der Waals surface area (Å²) in [6, 6.07) is 6.93. The lowest BCUT2D eigenvalue weighted by Gasteiger charge is -2.11. The summed E-state index contributed by atoms with van der Waals surface area (Å²) in [5, 5.41) is 6.44. The van der Waals surface area contributed by atoms with Crippen molar-refractivity contribution in [3.63, 3.8) is 0 Å². The number of aromatic amines is 1. The van der Waals surface area contributed by atoms with Gasteiger partial charge in [-0.15, -0.1) is 0 Å². The average Bonchev–Trinajstić information content (AvgIpc) is 2.94. The number of hydrogen-bond donors (Lipinski definition) is 1. The van der Waals surface area contributed by atoms with Gasteiger partial charge in [-0.05, 0) is 37.5 Å². The van der Waals surface area contributed by atoms with Gasteiger partial charge in [0.1, 0.15) is 5.69 Å². The number of rotatable bonds is 5. The Morgan fingerprint density at radius 2 is 2.00 bits per heavy atom. The summed E-state index contributed by atoms with van der Waals surface area (Å²) >= 11 is 0. The zero-order valence-corrected chi connectivity index (χ0v) is 11.9. The van der Waals surface area contributed by atoms with E-state index in [0.29, 0.717) is 12.1 Å². The van der Waals surface area contributed by atoms with Gasteiger partial charge in [0.25, 0.3) is 0 Å². The predicted molar refractivity (Wildman–Crippen MR) is 73.4 cm³/mol. The van der Waals surface area contributed by atoms with E-state index in [-0.39, 0.29) is 24.3 Å². The molecule has 0 amide bonds. The van der Waals surface area contributed by atoms with Gasteiger partial charge >= 0.3 is 12.1 Å². The van der Waals surface area contributed by atoms with E-state index < -0.39 is 17.7 Å². The highest BCUT2D eigenvalue weighted by atomic mass is 19.4. The molecule has 0 aliphatic heterocycles. The van der Waals surface area contributed by atoms with Gasteiger partial charge in [0.2, 0.25) is 0 Å². The van der Waals surface area contributed by atoms with Crippen LogP contribution in [0.3, 0.4) is 0 Å². The minimum absolute atomic E-state index is 0.183. The van der Waals surface area contributed by atoms with Crippen LogP contribution in [0.4, 0.5) is 13.2 Å². The molecule has 7 heteroatoms. The van der Waals surface area contributed by atoms with E-state index in [9.17, 15) is 18.0 Å². The van der Waals surface area contributed by atoms with Gasteiger partial charge in [-0.3, -0.25) is 5.10 Å². The highest BCUT2D eigenvalue weighted by molar-refractivity contribution is 5.87. The fourth-order valence-corrected chi connectivity index (χ4v) is 2.08. The standard InChI is InChI=1S/C15H15F3N2O2/c1-2-22-14(21)13-9-11(19-20-13)8-7-10-5-3-4-6-12(10)15(16,17)18/h3-6,9H,2,7-8H2,1H3,(H,19,20). The molecule has 1 heterocycles. The Balaban J connectivity index is 2.07. The van der Waals surface area contributed by atoms with Crippen molar-refractivity contribution in [1.29, 1.82) is 0 Å². The number of halogens is 3. The molecule has 1 N–H and O–H groups in total. The number of esters is 1. The Hall–Kier alpha value is -2.31. The molecule has 0 unspecified atom stereocenters. The third-order valence-corrected chi connectivity index (χ3v) is 3.10. The van der Waals surface area contributed by atoms with E-state index in [1.807, 2.05) is 0 Å². The van der Waals surface area contributed by atoms with E-state index in [0.717, 1.165) is 6.07 Å². The van der Waals surface area contributed by atoms with Gasteiger partial charge in [-0.2, -0.15) is 18.3 Å². The minimum atomic E-state index is -4.38. The maximum absolute atomic E-state index is 12.9. The number of nitrogens with zero attached hydrogens (tertiary/aromatic N) is 1. The zero-order chi connectivity index (χ0) is 16.2. The maximum Gasteiger partial charge on any atom is 0.416 e. The van der Waals surface area contributed by atoms with Crippen molar-refractivity contribution in [3.05, 3.63) is 52.8 Å². The van der Waals surface area contributed by atoms with E-state index in [2.05, 4.69) is 10.2 Å². The number of carbonyl (C=O) groups excluding carboxylic acids is 1. The van der Waals surface area contributed by atoms with Crippen molar-refractivity contribution >= 4 is 5.97 Å². The Morgan fingerprint density at radius 1 is 1.27 bits per heavy atom. The molecule has 0 spiro atoms. The highest BCUT2D eigenvalue weighted by Crippen LogP contribution is 2.32. The molecular weight excluding hydrogens is 297 g/mol. The number of benzene rings is 1. The predicted octanol–water partition coefficient (Wildman–Crippen LogP) is 3.39. The summed E-state index contributed by atoms with van der Waals surface area (Å²) in [5.41, 5.74) is 0.271. The molecule has 0 fully saturated rings. The first-order valence-corrected chi connectivity index (χ1v) is 6.78. The smallest absolute Gasteiger partial charge is 0.416 e. The largest absolute Gasteiger partial charge is 0.461 e. The summed E-state index contributed by atoms with van der Waals surface area (Å²) < 4.78 is 43.5. The molecule has 0 atom stereocenters. The normalized spacial score (nSPS) is 11.5. The summed E-state index contributed by atoms with van der Waals surface area (Å²) in [6.45, 7) is 1.93. The van der Waals surface area contributed by atoms with Crippen molar-refractivity contribution < 1.29 is 22.7 Å². The fourth-order valence-electron chi connectivity index (χ4n) is 2.08. The van der Waals surface area contributed by atoms with Gasteiger partial charge in [0.05, 0.1) is 17.9 Å². The second kappa shape index (κ2) is 6.64. The van der Waals surface area contributed by atoms with Crippen LogP contribution in [0.5, 0.6) is 0 Å². The van der Waals surface area contributed by atoms with Crippen molar-refractivity contribution in [2.75, 3.05) is 6.61 Å². The first-order chi connectivity index (χ1) is 10.4. The molecule has 2 aromatic rings.